The number of hydrogen-bond acceptors (Lipinski definition) is 3. The first-order chi connectivity index (χ1) is 10.8. The van der Waals surface area contributed by atoms with Crippen molar-refractivity contribution in [2.24, 2.45) is 0 Å². The van der Waals surface area contributed by atoms with Gasteiger partial charge in [-0.2, -0.15) is 5.10 Å². The average molecular weight is 319 g/mol. The maximum absolute atomic E-state index is 13.7. The number of para-hydroxylation sites is 1. The van der Waals surface area contributed by atoms with E-state index in [-0.39, 0.29) is 17.8 Å². The number of aliphatic carboxylic acids is 1. The van der Waals surface area contributed by atoms with E-state index in [0.29, 0.717) is 6.42 Å². The van der Waals surface area contributed by atoms with Crippen LogP contribution in [0.25, 0.3) is 5.69 Å². The number of nitrogens with one attached hydrogen (secondary N) is 1. The van der Waals surface area contributed by atoms with Gasteiger partial charge in [0, 0.05) is 18.2 Å². The maximum atomic E-state index is 13.7. The molecule has 1 aromatic carbocycles. The summed E-state index contributed by atoms with van der Waals surface area (Å²) < 4.78 is 15.0. The van der Waals surface area contributed by atoms with Crippen LogP contribution in [0.1, 0.15) is 37.2 Å². The third-order valence-corrected chi connectivity index (χ3v) is 3.34. The highest BCUT2D eigenvalue weighted by atomic mass is 19.1. The van der Waals surface area contributed by atoms with Gasteiger partial charge in [-0.1, -0.05) is 12.1 Å². The lowest BCUT2D eigenvalue weighted by atomic mass is 9.98. The van der Waals surface area contributed by atoms with Crippen LogP contribution in [0.5, 0.6) is 0 Å². The number of hydrogen-bond donors (Lipinski definition) is 2. The number of carboxylic acids is 1. The number of aromatic nitrogens is 2. The lowest BCUT2D eigenvalue weighted by molar-refractivity contribution is -0.137. The van der Waals surface area contributed by atoms with Crippen LogP contribution in [0.15, 0.2) is 36.5 Å². The summed E-state index contributed by atoms with van der Waals surface area (Å²) in [5, 5.41) is 15.5. The summed E-state index contributed by atoms with van der Waals surface area (Å²) in [6.07, 6.45) is 1.75. The molecule has 0 aliphatic carbocycles. The van der Waals surface area contributed by atoms with Crippen LogP contribution in [-0.2, 0) is 4.79 Å². The summed E-state index contributed by atoms with van der Waals surface area (Å²) in [6.45, 7) is 3.48. The molecule has 0 aliphatic rings. The van der Waals surface area contributed by atoms with Crippen molar-refractivity contribution < 1.29 is 19.1 Å². The predicted octanol–water partition coefficient (Wildman–Crippen LogP) is 2.38. The quantitative estimate of drug-likeness (QED) is 0.856. The molecule has 1 amide bonds. The van der Waals surface area contributed by atoms with E-state index in [9.17, 15) is 14.0 Å². The zero-order valence-corrected chi connectivity index (χ0v) is 12.9. The standard InChI is InChI=1S/C16H18FN3O3/c1-16(2,9-7-14(21)22)18-15(23)12-8-10-20(19-12)13-6-4-3-5-11(13)17/h3-6,8,10H,7,9H2,1-2H3,(H,18,23)(H,21,22). The Morgan fingerprint density at radius 1 is 1.30 bits per heavy atom. The molecule has 0 saturated carbocycles. The van der Waals surface area contributed by atoms with E-state index in [1.165, 1.54) is 23.0 Å². The van der Waals surface area contributed by atoms with Crippen LogP contribution < -0.4 is 5.32 Å². The number of benzene rings is 1. The molecule has 0 fully saturated rings. The van der Waals surface area contributed by atoms with Crippen molar-refractivity contribution in [1.29, 1.82) is 0 Å². The number of carboxylic acid groups (broad SMARTS) is 1. The second-order valence-electron chi connectivity index (χ2n) is 5.83. The predicted molar refractivity (Wildman–Crippen MR) is 81.9 cm³/mol. The summed E-state index contributed by atoms with van der Waals surface area (Å²) in [5.74, 6) is -1.80. The van der Waals surface area contributed by atoms with E-state index in [4.69, 9.17) is 5.11 Å². The zero-order valence-electron chi connectivity index (χ0n) is 12.9. The van der Waals surface area contributed by atoms with Crippen molar-refractivity contribution in [3.8, 4) is 5.69 Å². The molecule has 2 N–H and O–H groups in total. The second kappa shape index (κ2) is 6.60. The molecule has 122 valence electrons. The third-order valence-electron chi connectivity index (χ3n) is 3.34. The number of carbonyl (C=O) groups excluding carboxylic acids is 1. The normalized spacial score (nSPS) is 11.3. The number of halogens is 1. The number of rotatable bonds is 6. The Kier molecular flexibility index (Phi) is 4.78. The lowest BCUT2D eigenvalue weighted by Gasteiger charge is -2.25. The fraction of sp³-hybridized carbons (Fsp3) is 0.312. The van der Waals surface area contributed by atoms with Crippen molar-refractivity contribution in [2.45, 2.75) is 32.2 Å². The van der Waals surface area contributed by atoms with Gasteiger partial charge in [-0.3, -0.25) is 9.59 Å². The van der Waals surface area contributed by atoms with Gasteiger partial charge >= 0.3 is 5.97 Å². The van der Waals surface area contributed by atoms with Gasteiger partial charge in [-0.05, 0) is 38.5 Å². The Morgan fingerprint density at radius 2 is 2.00 bits per heavy atom. The van der Waals surface area contributed by atoms with Gasteiger partial charge in [0.1, 0.15) is 11.5 Å². The molecule has 0 radical (unpaired) electrons. The van der Waals surface area contributed by atoms with Crippen LogP contribution in [-0.4, -0.2) is 32.3 Å². The van der Waals surface area contributed by atoms with Gasteiger partial charge in [0.25, 0.3) is 5.91 Å². The average Bonchev–Trinajstić information content (AvgIpc) is 2.95. The molecule has 1 aromatic heterocycles. The number of carbonyl (C=O) groups is 2. The van der Waals surface area contributed by atoms with Gasteiger partial charge in [0.15, 0.2) is 5.69 Å². The van der Waals surface area contributed by atoms with E-state index in [0.717, 1.165) is 0 Å². The molecule has 0 aliphatic heterocycles. The van der Waals surface area contributed by atoms with Crippen LogP contribution in [0, 0.1) is 5.82 Å². The largest absolute Gasteiger partial charge is 0.481 e. The van der Waals surface area contributed by atoms with Gasteiger partial charge in [0.2, 0.25) is 0 Å². The molecule has 0 spiro atoms. The molecule has 0 unspecified atom stereocenters. The van der Waals surface area contributed by atoms with Crippen LogP contribution >= 0.6 is 0 Å². The minimum Gasteiger partial charge on any atom is -0.481 e. The zero-order chi connectivity index (χ0) is 17.0. The number of nitrogens with zero attached hydrogens (tertiary/aromatic N) is 2. The highest BCUT2D eigenvalue weighted by Gasteiger charge is 2.23. The van der Waals surface area contributed by atoms with E-state index >= 15 is 0 Å². The summed E-state index contributed by atoms with van der Waals surface area (Å²) in [5.41, 5.74) is -0.301. The highest BCUT2D eigenvalue weighted by Crippen LogP contribution is 2.14. The first-order valence-electron chi connectivity index (χ1n) is 7.13. The van der Waals surface area contributed by atoms with E-state index in [1.54, 1.807) is 32.0 Å². The molecule has 0 atom stereocenters. The first-order valence-corrected chi connectivity index (χ1v) is 7.13. The molecule has 7 heteroatoms. The SMILES string of the molecule is CC(C)(CCC(=O)O)NC(=O)c1ccn(-c2ccccc2F)n1. The third kappa shape index (κ3) is 4.38. The maximum Gasteiger partial charge on any atom is 0.303 e. The van der Waals surface area contributed by atoms with Crippen molar-refractivity contribution in [3.63, 3.8) is 0 Å². The Morgan fingerprint density at radius 3 is 2.65 bits per heavy atom. The summed E-state index contributed by atoms with van der Waals surface area (Å²) in [6, 6.07) is 7.59. The summed E-state index contributed by atoms with van der Waals surface area (Å²) in [4.78, 5) is 22.8. The van der Waals surface area contributed by atoms with Gasteiger partial charge in [-0.15, -0.1) is 0 Å². The van der Waals surface area contributed by atoms with Crippen LogP contribution in [0.2, 0.25) is 0 Å². The molecule has 0 saturated heterocycles. The van der Waals surface area contributed by atoms with Crippen molar-refractivity contribution in [2.75, 3.05) is 0 Å². The smallest absolute Gasteiger partial charge is 0.303 e. The minimum atomic E-state index is -0.920. The van der Waals surface area contributed by atoms with Crippen molar-refractivity contribution >= 4 is 11.9 Å². The van der Waals surface area contributed by atoms with E-state index < -0.39 is 23.2 Å². The van der Waals surface area contributed by atoms with Crippen LogP contribution in [0.3, 0.4) is 0 Å². The van der Waals surface area contributed by atoms with Crippen molar-refractivity contribution in [3.05, 3.63) is 48.0 Å². The first kappa shape index (κ1) is 16.7. The Hall–Kier alpha value is -2.70. The van der Waals surface area contributed by atoms with E-state index in [2.05, 4.69) is 10.4 Å². The van der Waals surface area contributed by atoms with E-state index in [1.807, 2.05) is 0 Å². The molecule has 0 bridgehead atoms. The molecular formula is C16H18FN3O3. The Bertz CT molecular complexity index is 725. The molecule has 23 heavy (non-hydrogen) atoms. The van der Waals surface area contributed by atoms with Crippen LogP contribution in [0.4, 0.5) is 4.39 Å². The Labute approximate surface area is 132 Å². The molecular weight excluding hydrogens is 301 g/mol. The highest BCUT2D eigenvalue weighted by molar-refractivity contribution is 5.92. The molecule has 2 rings (SSSR count). The number of amides is 1. The lowest BCUT2D eigenvalue weighted by Crippen LogP contribution is -2.43. The fourth-order valence-electron chi connectivity index (χ4n) is 2.07. The molecule has 2 aromatic rings. The fourth-order valence-corrected chi connectivity index (χ4v) is 2.07. The minimum absolute atomic E-state index is 0.0447. The summed E-state index contributed by atoms with van der Waals surface area (Å²) in [7, 11) is 0. The van der Waals surface area contributed by atoms with Crippen molar-refractivity contribution in [1.82, 2.24) is 15.1 Å². The molecule has 1 heterocycles. The Balaban J connectivity index is 2.10. The monoisotopic (exact) mass is 319 g/mol. The van der Waals surface area contributed by atoms with Gasteiger partial charge < -0.3 is 10.4 Å². The second-order valence-corrected chi connectivity index (χ2v) is 5.83. The summed E-state index contributed by atoms with van der Waals surface area (Å²) >= 11 is 0. The molecule has 6 nitrogen and oxygen atoms in total. The van der Waals surface area contributed by atoms with Gasteiger partial charge in [-0.25, -0.2) is 9.07 Å². The topological polar surface area (TPSA) is 84.2 Å². The van der Waals surface area contributed by atoms with Gasteiger partial charge in [0.05, 0.1) is 0 Å².